The topological polar surface area (TPSA) is 12.0 Å². The molecule has 0 spiro atoms. The van der Waals surface area contributed by atoms with Crippen molar-refractivity contribution in [2.75, 3.05) is 39.8 Å². The molecule has 1 N–H and O–H groups in total. The second-order valence-electron chi connectivity index (χ2n) is 3.89. The first-order valence-corrected chi connectivity index (χ1v) is 4.81. The summed E-state index contributed by atoms with van der Waals surface area (Å²) >= 11 is 0. The van der Waals surface area contributed by atoms with Gasteiger partial charge in [0.15, 0.2) is 0 Å². The number of nitrogens with zero attached hydrogens (tertiary/aromatic N) is 1. The van der Waals surface area contributed by atoms with Gasteiger partial charge in [0.2, 0.25) is 0 Å². The Morgan fingerprint density at radius 3 is 2.33 bits per heavy atom. The SMILES string of the molecule is CCCC[N+]1(C)CCNCC1.[Br-]. The van der Waals surface area contributed by atoms with E-state index in [2.05, 4.69) is 19.3 Å². The summed E-state index contributed by atoms with van der Waals surface area (Å²) in [6.45, 7) is 8.70. The van der Waals surface area contributed by atoms with Gasteiger partial charge in [-0.15, -0.1) is 0 Å². The Bertz CT molecular complexity index is 111. The van der Waals surface area contributed by atoms with Gasteiger partial charge >= 0.3 is 0 Å². The molecule has 0 atom stereocenters. The molecule has 12 heavy (non-hydrogen) atoms. The number of hydrogen-bond acceptors (Lipinski definition) is 1. The van der Waals surface area contributed by atoms with Crippen molar-refractivity contribution in [3.8, 4) is 0 Å². The van der Waals surface area contributed by atoms with Crippen molar-refractivity contribution in [2.45, 2.75) is 19.8 Å². The molecule has 0 amide bonds. The molecular weight excluding hydrogens is 216 g/mol. The molecule has 1 fully saturated rings. The number of piperazine rings is 1. The maximum Gasteiger partial charge on any atom is 0.0911 e. The van der Waals surface area contributed by atoms with Crippen LogP contribution in [0.1, 0.15) is 19.8 Å². The van der Waals surface area contributed by atoms with Crippen molar-refractivity contribution < 1.29 is 21.5 Å². The second-order valence-corrected chi connectivity index (χ2v) is 3.89. The van der Waals surface area contributed by atoms with Crippen LogP contribution in [0.4, 0.5) is 0 Å². The van der Waals surface area contributed by atoms with E-state index in [9.17, 15) is 0 Å². The quantitative estimate of drug-likeness (QED) is 0.551. The molecule has 0 aromatic rings. The lowest BCUT2D eigenvalue weighted by atomic mass is 10.2. The average Bonchev–Trinajstić information content (AvgIpc) is 2.03. The van der Waals surface area contributed by atoms with Crippen LogP contribution in [0.5, 0.6) is 0 Å². The van der Waals surface area contributed by atoms with Crippen LogP contribution >= 0.6 is 0 Å². The summed E-state index contributed by atoms with van der Waals surface area (Å²) in [5, 5.41) is 3.40. The number of hydrogen-bond donors (Lipinski definition) is 1. The first kappa shape index (κ1) is 12.4. The average molecular weight is 237 g/mol. The van der Waals surface area contributed by atoms with Gasteiger partial charge in [-0.2, -0.15) is 0 Å². The first-order valence-electron chi connectivity index (χ1n) is 4.81. The molecule has 0 aromatic heterocycles. The van der Waals surface area contributed by atoms with Gasteiger partial charge in [0.1, 0.15) is 0 Å². The summed E-state index contributed by atoms with van der Waals surface area (Å²) in [7, 11) is 2.39. The molecule has 2 nitrogen and oxygen atoms in total. The van der Waals surface area contributed by atoms with Crippen LogP contribution < -0.4 is 22.3 Å². The molecular formula is C9H21BrN2. The van der Waals surface area contributed by atoms with Gasteiger partial charge in [0, 0.05) is 13.1 Å². The molecule has 74 valence electrons. The van der Waals surface area contributed by atoms with Crippen molar-refractivity contribution in [1.29, 1.82) is 0 Å². The van der Waals surface area contributed by atoms with Gasteiger partial charge in [-0.05, 0) is 6.42 Å². The maximum absolute atomic E-state index is 3.40. The lowest BCUT2D eigenvalue weighted by molar-refractivity contribution is -0.911. The second kappa shape index (κ2) is 5.95. The molecule has 0 aliphatic carbocycles. The van der Waals surface area contributed by atoms with E-state index in [1.807, 2.05) is 0 Å². The van der Waals surface area contributed by atoms with Crippen LogP contribution in [0.15, 0.2) is 0 Å². The normalized spacial score (nSPS) is 21.5. The third-order valence-corrected chi connectivity index (χ3v) is 2.71. The first-order chi connectivity index (χ1) is 5.27. The standard InChI is InChI=1S/C9H21N2.BrH/c1-3-4-7-11(2)8-5-10-6-9-11;/h10H,3-9H2,1-2H3;1H/q+1;/p-1. The van der Waals surface area contributed by atoms with E-state index in [1.54, 1.807) is 0 Å². The fraction of sp³-hybridized carbons (Fsp3) is 1.00. The van der Waals surface area contributed by atoms with Crippen molar-refractivity contribution in [2.24, 2.45) is 0 Å². The van der Waals surface area contributed by atoms with Crippen LogP contribution in [0.25, 0.3) is 0 Å². The minimum Gasteiger partial charge on any atom is -1.00 e. The summed E-state index contributed by atoms with van der Waals surface area (Å²) in [6, 6.07) is 0. The molecule has 1 aliphatic rings. The van der Waals surface area contributed by atoms with Gasteiger partial charge in [-0.25, -0.2) is 0 Å². The van der Waals surface area contributed by atoms with Crippen molar-refractivity contribution in [3.05, 3.63) is 0 Å². The van der Waals surface area contributed by atoms with Crippen molar-refractivity contribution >= 4 is 0 Å². The van der Waals surface area contributed by atoms with Gasteiger partial charge in [-0.3, -0.25) is 0 Å². The van der Waals surface area contributed by atoms with E-state index in [4.69, 9.17) is 0 Å². The van der Waals surface area contributed by atoms with Crippen LogP contribution in [0.3, 0.4) is 0 Å². The smallest absolute Gasteiger partial charge is 0.0911 e. The van der Waals surface area contributed by atoms with E-state index in [0.29, 0.717) is 0 Å². The Labute approximate surface area is 86.7 Å². The minimum absolute atomic E-state index is 0. The zero-order chi connectivity index (χ0) is 8.16. The Hall–Kier alpha value is 0.400. The van der Waals surface area contributed by atoms with E-state index in [-0.39, 0.29) is 17.0 Å². The highest BCUT2D eigenvalue weighted by Crippen LogP contribution is 2.06. The molecule has 0 aromatic carbocycles. The number of nitrogens with one attached hydrogen (secondary N) is 1. The van der Waals surface area contributed by atoms with E-state index in [1.165, 1.54) is 50.0 Å². The molecule has 1 rings (SSSR count). The molecule has 0 saturated carbocycles. The van der Waals surface area contributed by atoms with Crippen LogP contribution in [0, 0.1) is 0 Å². The maximum atomic E-state index is 3.40. The zero-order valence-electron chi connectivity index (χ0n) is 8.27. The largest absolute Gasteiger partial charge is 1.00 e. The fourth-order valence-electron chi connectivity index (χ4n) is 1.70. The molecule has 1 heterocycles. The predicted octanol–water partition coefficient (Wildman–Crippen LogP) is -2.16. The molecule has 1 saturated heterocycles. The van der Waals surface area contributed by atoms with Gasteiger partial charge in [0.05, 0.1) is 26.7 Å². The monoisotopic (exact) mass is 236 g/mol. The van der Waals surface area contributed by atoms with Crippen molar-refractivity contribution in [1.82, 2.24) is 5.32 Å². The number of likely N-dealkylation sites (N-methyl/N-ethyl adjacent to an activating group) is 1. The highest BCUT2D eigenvalue weighted by molar-refractivity contribution is 4.54. The minimum atomic E-state index is 0. The summed E-state index contributed by atoms with van der Waals surface area (Å²) in [4.78, 5) is 0. The zero-order valence-corrected chi connectivity index (χ0v) is 9.86. The van der Waals surface area contributed by atoms with Gasteiger partial charge in [-0.1, -0.05) is 13.3 Å². The predicted molar refractivity (Wildman–Crippen MR) is 48.6 cm³/mol. The Balaban J connectivity index is 0.00000121. The van der Waals surface area contributed by atoms with Gasteiger partial charge in [0.25, 0.3) is 0 Å². The summed E-state index contributed by atoms with van der Waals surface area (Å²) in [5.41, 5.74) is 0. The highest BCUT2D eigenvalue weighted by atomic mass is 79.9. The van der Waals surface area contributed by atoms with Crippen LogP contribution in [-0.2, 0) is 0 Å². The third kappa shape index (κ3) is 3.87. The number of halogens is 1. The summed E-state index contributed by atoms with van der Waals surface area (Å²) in [6.07, 6.45) is 2.72. The Kier molecular flexibility index (Phi) is 6.14. The molecule has 1 aliphatic heterocycles. The lowest BCUT2D eigenvalue weighted by Gasteiger charge is -2.38. The van der Waals surface area contributed by atoms with E-state index in [0.717, 1.165) is 0 Å². The van der Waals surface area contributed by atoms with Crippen LogP contribution in [-0.4, -0.2) is 44.3 Å². The van der Waals surface area contributed by atoms with Crippen molar-refractivity contribution in [3.63, 3.8) is 0 Å². The summed E-state index contributed by atoms with van der Waals surface area (Å²) < 4.78 is 1.29. The van der Waals surface area contributed by atoms with E-state index < -0.39 is 0 Å². The molecule has 3 heteroatoms. The van der Waals surface area contributed by atoms with Crippen LogP contribution in [0.2, 0.25) is 0 Å². The lowest BCUT2D eigenvalue weighted by Crippen LogP contribution is -3.00. The highest BCUT2D eigenvalue weighted by Gasteiger charge is 2.22. The number of rotatable bonds is 3. The third-order valence-electron chi connectivity index (χ3n) is 2.71. The van der Waals surface area contributed by atoms with Gasteiger partial charge < -0.3 is 26.8 Å². The molecule has 0 unspecified atom stereocenters. The fourth-order valence-corrected chi connectivity index (χ4v) is 1.70. The van der Waals surface area contributed by atoms with E-state index >= 15 is 0 Å². The Morgan fingerprint density at radius 1 is 1.25 bits per heavy atom. The number of quaternary nitrogens is 1. The summed E-state index contributed by atoms with van der Waals surface area (Å²) in [5.74, 6) is 0. The molecule has 0 bridgehead atoms. The number of unbranched alkanes of at least 4 members (excludes halogenated alkanes) is 1. The Morgan fingerprint density at radius 2 is 1.83 bits per heavy atom. The molecule has 0 radical (unpaired) electrons.